The first-order chi connectivity index (χ1) is 15.3. The number of ether oxygens (including phenoxy) is 1. The number of aromatic nitrogens is 2. The monoisotopic (exact) mass is 435 g/mol. The smallest absolute Gasteiger partial charge is 0.353 e. The Kier molecular flexibility index (Phi) is 7.33. The van der Waals surface area contributed by atoms with E-state index in [9.17, 15) is 14.9 Å². The maximum atomic E-state index is 12.1. The third kappa shape index (κ3) is 5.78. The van der Waals surface area contributed by atoms with Crippen molar-refractivity contribution in [2.75, 3.05) is 17.2 Å². The van der Waals surface area contributed by atoms with Gasteiger partial charge in [-0.15, -0.1) is 0 Å². The summed E-state index contributed by atoms with van der Waals surface area (Å²) in [7, 11) is 0. The highest BCUT2D eigenvalue weighted by Crippen LogP contribution is 2.33. The van der Waals surface area contributed by atoms with E-state index in [-0.39, 0.29) is 29.3 Å². The Bertz CT molecular complexity index is 1070. The van der Waals surface area contributed by atoms with Crippen LogP contribution in [0.25, 0.3) is 0 Å². The van der Waals surface area contributed by atoms with E-state index in [0.717, 1.165) is 5.56 Å². The van der Waals surface area contributed by atoms with Crippen LogP contribution in [-0.4, -0.2) is 27.5 Å². The lowest BCUT2D eigenvalue weighted by Crippen LogP contribution is -2.12. The predicted octanol–water partition coefficient (Wildman–Crippen LogP) is 5.11. The van der Waals surface area contributed by atoms with Gasteiger partial charge in [-0.3, -0.25) is 10.1 Å². The van der Waals surface area contributed by atoms with Crippen molar-refractivity contribution in [1.82, 2.24) is 9.97 Å². The molecule has 2 aromatic carbocycles. The van der Waals surface area contributed by atoms with Gasteiger partial charge in [0.2, 0.25) is 11.6 Å². The molecule has 9 nitrogen and oxygen atoms in total. The summed E-state index contributed by atoms with van der Waals surface area (Å²) in [5, 5.41) is 17.8. The predicted molar refractivity (Wildman–Crippen MR) is 122 cm³/mol. The van der Waals surface area contributed by atoms with Crippen LogP contribution in [0.3, 0.4) is 0 Å². The van der Waals surface area contributed by atoms with E-state index in [2.05, 4.69) is 20.6 Å². The molecule has 32 heavy (non-hydrogen) atoms. The molecule has 2 N–H and O–H groups in total. The van der Waals surface area contributed by atoms with Gasteiger partial charge >= 0.3 is 11.7 Å². The van der Waals surface area contributed by atoms with Crippen LogP contribution < -0.4 is 10.6 Å². The molecule has 9 heteroatoms. The van der Waals surface area contributed by atoms with E-state index in [1.54, 1.807) is 24.3 Å². The second-order valence-corrected chi connectivity index (χ2v) is 7.65. The van der Waals surface area contributed by atoms with Gasteiger partial charge in [-0.05, 0) is 42.7 Å². The Morgan fingerprint density at radius 1 is 1.03 bits per heavy atom. The topological polar surface area (TPSA) is 119 Å². The van der Waals surface area contributed by atoms with Gasteiger partial charge in [-0.25, -0.2) is 14.8 Å². The molecule has 0 saturated heterocycles. The van der Waals surface area contributed by atoms with Crippen LogP contribution >= 0.6 is 0 Å². The van der Waals surface area contributed by atoms with Gasteiger partial charge in [0.15, 0.2) is 0 Å². The van der Waals surface area contributed by atoms with Crippen LogP contribution in [0.4, 0.5) is 23.0 Å². The molecular weight excluding hydrogens is 410 g/mol. The zero-order chi connectivity index (χ0) is 23.1. The molecular formula is C23H25N5O4. The molecule has 0 aliphatic rings. The van der Waals surface area contributed by atoms with Gasteiger partial charge in [0.1, 0.15) is 6.33 Å². The summed E-state index contributed by atoms with van der Waals surface area (Å²) < 4.78 is 5.21. The highest BCUT2D eigenvalue weighted by molar-refractivity contribution is 5.90. The standard InChI is InChI=1S/C23H25N5O4/c1-15(2)13-32-23(29)18-9-11-19(12-10-18)27-22-20(28(30)31)21(24-14-25-22)26-16(3)17-7-5-4-6-8-17/h4-12,14-16H,13H2,1-3H3,(H2,24,25,26,27). The normalized spacial score (nSPS) is 11.6. The first-order valence-corrected chi connectivity index (χ1v) is 10.2. The number of esters is 1. The van der Waals surface area contributed by atoms with Crippen LogP contribution in [0.5, 0.6) is 0 Å². The minimum Gasteiger partial charge on any atom is -0.462 e. The number of rotatable bonds is 9. The average Bonchev–Trinajstić information content (AvgIpc) is 2.78. The fourth-order valence-electron chi connectivity index (χ4n) is 2.93. The van der Waals surface area contributed by atoms with Crippen LogP contribution in [0.15, 0.2) is 60.9 Å². The first-order valence-electron chi connectivity index (χ1n) is 10.2. The molecule has 0 saturated carbocycles. The van der Waals surface area contributed by atoms with Gasteiger partial charge in [0, 0.05) is 5.69 Å². The second-order valence-electron chi connectivity index (χ2n) is 7.65. The molecule has 166 valence electrons. The molecule has 1 atom stereocenters. The number of nitrogens with one attached hydrogen (secondary N) is 2. The fraction of sp³-hybridized carbons (Fsp3) is 0.261. The van der Waals surface area contributed by atoms with Gasteiger partial charge in [0.25, 0.3) is 0 Å². The summed E-state index contributed by atoms with van der Waals surface area (Å²) in [5.41, 5.74) is 1.63. The number of benzene rings is 2. The van der Waals surface area contributed by atoms with E-state index in [1.165, 1.54) is 6.33 Å². The quantitative estimate of drug-likeness (QED) is 0.270. The van der Waals surface area contributed by atoms with E-state index in [0.29, 0.717) is 17.9 Å². The molecule has 0 radical (unpaired) electrons. The summed E-state index contributed by atoms with van der Waals surface area (Å²) in [6.07, 6.45) is 1.26. The lowest BCUT2D eigenvalue weighted by molar-refractivity contribution is -0.383. The fourth-order valence-corrected chi connectivity index (χ4v) is 2.93. The van der Waals surface area contributed by atoms with Crippen molar-refractivity contribution in [1.29, 1.82) is 0 Å². The lowest BCUT2D eigenvalue weighted by atomic mass is 10.1. The molecule has 0 aliphatic carbocycles. The van der Waals surface area contributed by atoms with Gasteiger partial charge in [-0.1, -0.05) is 44.2 Å². The van der Waals surface area contributed by atoms with E-state index < -0.39 is 10.9 Å². The number of anilines is 3. The summed E-state index contributed by atoms with van der Waals surface area (Å²) in [5.74, 6) is -0.0223. The van der Waals surface area contributed by atoms with E-state index in [4.69, 9.17) is 4.74 Å². The van der Waals surface area contributed by atoms with Gasteiger partial charge in [-0.2, -0.15) is 0 Å². The number of carbonyl (C=O) groups excluding carboxylic acids is 1. The van der Waals surface area contributed by atoms with E-state index in [1.807, 2.05) is 51.1 Å². The first kappa shape index (κ1) is 22.7. The molecule has 1 unspecified atom stereocenters. The highest BCUT2D eigenvalue weighted by Gasteiger charge is 2.24. The molecule has 0 bridgehead atoms. The zero-order valence-corrected chi connectivity index (χ0v) is 18.1. The van der Waals surface area contributed by atoms with E-state index >= 15 is 0 Å². The van der Waals surface area contributed by atoms with Crippen molar-refractivity contribution in [3.05, 3.63) is 82.2 Å². The minimum absolute atomic E-state index is 0.0443. The maximum absolute atomic E-state index is 12.1. The third-order valence-corrected chi connectivity index (χ3v) is 4.59. The third-order valence-electron chi connectivity index (χ3n) is 4.59. The number of nitro groups is 1. The van der Waals surface area contributed by atoms with Crippen LogP contribution in [-0.2, 0) is 4.74 Å². The largest absolute Gasteiger partial charge is 0.462 e. The zero-order valence-electron chi connectivity index (χ0n) is 18.1. The van der Waals surface area contributed by atoms with Crippen molar-refractivity contribution >= 4 is 29.0 Å². The average molecular weight is 435 g/mol. The molecule has 0 spiro atoms. The van der Waals surface area contributed by atoms with Crippen LogP contribution in [0, 0.1) is 16.0 Å². The SMILES string of the molecule is CC(C)COC(=O)c1ccc(Nc2ncnc(NC(C)c3ccccc3)c2[N+](=O)[O-])cc1. The Labute approximate surface area is 186 Å². The number of hydrogen-bond acceptors (Lipinski definition) is 8. The summed E-state index contributed by atoms with van der Waals surface area (Å²) in [4.78, 5) is 31.5. The Hall–Kier alpha value is -4.01. The summed E-state index contributed by atoms with van der Waals surface area (Å²) >= 11 is 0. The number of hydrogen-bond donors (Lipinski definition) is 2. The molecule has 0 amide bonds. The van der Waals surface area contributed by atoms with Gasteiger partial charge in [0.05, 0.1) is 23.1 Å². The van der Waals surface area contributed by atoms with Crippen molar-refractivity contribution in [2.24, 2.45) is 5.92 Å². The molecule has 3 aromatic rings. The lowest BCUT2D eigenvalue weighted by Gasteiger charge is -2.16. The van der Waals surface area contributed by atoms with Crippen molar-refractivity contribution in [3.8, 4) is 0 Å². The second kappa shape index (κ2) is 10.3. The minimum atomic E-state index is -0.528. The Morgan fingerprint density at radius 3 is 2.31 bits per heavy atom. The van der Waals surface area contributed by atoms with Crippen molar-refractivity contribution in [3.63, 3.8) is 0 Å². The van der Waals surface area contributed by atoms with Crippen molar-refractivity contribution < 1.29 is 14.5 Å². The maximum Gasteiger partial charge on any atom is 0.353 e. The summed E-state index contributed by atoms with van der Waals surface area (Å²) in [6, 6.07) is 15.8. The van der Waals surface area contributed by atoms with Gasteiger partial charge < -0.3 is 15.4 Å². The summed E-state index contributed by atoms with van der Waals surface area (Å²) in [6.45, 7) is 6.14. The molecule has 1 aromatic heterocycles. The Morgan fingerprint density at radius 2 is 1.69 bits per heavy atom. The highest BCUT2D eigenvalue weighted by atomic mass is 16.6. The molecule has 0 aliphatic heterocycles. The Balaban J connectivity index is 1.79. The molecule has 0 fully saturated rings. The molecule has 3 rings (SSSR count). The van der Waals surface area contributed by atoms with Crippen LogP contribution in [0.1, 0.15) is 42.7 Å². The van der Waals surface area contributed by atoms with Crippen LogP contribution in [0.2, 0.25) is 0 Å². The molecule has 1 heterocycles. The number of carbonyl (C=O) groups is 1. The van der Waals surface area contributed by atoms with Crippen molar-refractivity contribution in [2.45, 2.75) is 26.8 Å². The number of nitrogens with zero attached hydrogens (tertiary/aromatic N) is 3.